The third-order valence-corrected chi connectivity index (χ3v) is 12.5. The highest BCUT2D eigenvalue weighted by atomic mass is 19.1. The molecule has 0 radical (unpaired) electrons. The van der Waals surface area contributed by atoms with Crippen molar-refractivity contribution in [1.29, 1.82) is 0 Å². The number of anilines is 2. The van der Waals surface area contributed by atoms with Gasteiger partial charge in [-0.15, -0.1) is 0 Å². The van der Waals surface area contributed by atoms with E-state index in [1.807, 2.05) is 75.7 Å². The normalized spacial score (nSPS) is 12.4. The van der Waals surface area contributed by atoms with Crippen LogP contribution in [0.2, 0.25) is 0 Å². The maximum Gasteiger partial charge on any atom is 0.272 e. The average Bonchev–Trinajstić information content (AvgIpc) is 4.03. The molecule has 414 valence electrons. The van der Waals surface area contributed by atoms with Gasteiger partial charge in [-0.05, 0) is 128 Å². The van der Waals surface area contributed by atoms with Gasteiger partial charge in [0.15, 0.2) is 11.4 Å². The largest absolute Gasteiger partial charge is 0.496 e. The Morgan fingerprint density at radius 1 is 0.519 bits per heavy atom. The van der Waals surface area contributed by atoms with Gasteiger partial charge in [-0.25, -0.2) is 8.78 Å². The van der Waals surface area contributed by atoms with Crippen molar-refractivity contribution in [2.45, 2.75) is 113 Å². The molecule has 0 saturated heterocycles. The Bertz CT molecular complexity index is 2850. The number of halogens is 2. The lowest BCUT2D eigenvalue weighted by Gasteiger charge is -2.21. The number of carbonyl (C=O) groups excluding carboxylic acids is 4. The van der Waals surface area contributed by atoms with Crippen LogP contribution in [0.15, 0.2) is 97.1 Å². The van der Waals surface area contributed by atoms with Gasteiger partial charge < -0.3 is 40.2 Å². The molecular weight excluding hydrogens is 987 g/mol. The maximum atomic E-state index is 13.5. The molecule has 77 heavy (non-hydrogen) atoms. The first kappa shape index (κ1) is 60.1. The van der Waals surface area contributed by atoms with E-state index >= 15 is 0 Å². The summed E-state index contributed by atoms with van der Waals surface area (Å²) in [6.45, 7) is 19.1. The van der Waals surface area contributed by atoms with Gasteiger partial charge in [-0.3, -0.25) is 28.5 Å². The number of carbonyl (C=O) groups is 4. The molecule has 4 N–H and O–H groups in total. The molecule has 0 aliphatic carbocycles. The Morgan fingerprint density at radius 3 is 1.26 bits per heavy atom. The molecule has 0 aliphatic rings. The Kier molecular flexibility index (Phi) is 22.2. The zero-order chi connectivity index (χ0) is 56.5. The first-order valence-corrected chi connectivity index (χ1v) is 26.0. The monoisotopic (exact) mass is 1060 g/mol. The standard InChI is InChI=1S/C30H39FN4O4.C29H37FN4O4/c1-18(2)15-23(16-28(36)32-22-13-11-21(31)12-14-22)33-30(37)24-17-25(35(34-24)20(5)19(3)4)29-26(38-6)9-8-10-27(29)39-7;1-18(2)14-22(15-27(35)31-21-12-10-20(30)11-13-21)32-29(36)23-16-24(34(33-23)17-19(3)4)28-25(37-5)8-7-9-26(28)38-6/h8-14,17-20,23H,15-16H2,1-7H3,(H,32,36)(H,33,37);7-13,16,18-19,22H,14-15,17H2,1-6H3,(H,31,35)(H,32,36)/t20?,23-;22-/m00/s1. The molecule has 3 atom stereocenters. The van der Waals surface area contributed by atoms with Crippen molar-refractivity contribution in [3.8, 4) is 45.5 Å². The minimum absolute atomic E-state index is 0.0240. The molecular formula is C59H76F2N8O8. The molecule has 4 aromatic carbocycles. The molecule has 0 bridgehead atoms. The minimum atomic E-state index is -0.421. The smallest absolute Gasteiger partial charge is 0.272 e. The third kappa shape index (κ3) is 17.1. The van der Waals surface area contributed by atoms with Crippen LogP contribution >= 0.6 is 0 Å². The van der Waals surface area contributed by atoms with E-state index < -0.39 is 12.1 Å². The number of aromatic nitrogens is 4. The van der Waals surface area contributed by atoms with Crippen molar-refractivity contribution in [2.75, 3.05) is 39.1 Å². The molecule has 6 rings (SSSR count). The van der Waals surface area contributed by atoms with E-state index in [1.54, 1.807) is 45.3 Å². The predicted octanol–water partition coefficient (Wildman–Crippen LogP) is 11.6. The van der Waals surface area contributed by atoms with E-state index in [-0.39, 0.29) is 89.2 Å². The SMILES string of the molecule is COc1cccc(OC)c1-c1cc(C(=O)N[C@H](CC(=O)Nc2ccc(F)cc2)CC(C)C)nn1C(C)C(C)C.COc1cccc(OC)c1-c1cc(C(=O)N[C@H](CC(=O)Nc2ccc(F)cc2)CC(C)C)nn1CC(C)C. The van der Waals surface area contributed by atoms with Gasteiger partial charge >= 0.3 is 0 Å². The summed E-state index contributed by atoms with van der Waals surface area (Å²) in [6.07, 6.45) is 1.33. The maximum absolute atomic E-state index is 13.5. The molecule has 0 aliphatic heterocycles. The number of amides is 4. The molecule has 0 spiro atoms. The molecule has 0 fully saturated rings. The van der Waals surface area contributed by atoms with Crippen LogP contribution in [0.4, 0.5) is 20.2 Å². The zero-order valence-electron chi connectivity index (χ0n) is 46.6. The fourth-order valence-electron chi connectivity index (χ4n) is 8.69. The second-order valence-corrected chi connectivity index (χ2v) is 20.5. The number of benzene rings is 4. The molecule has 2 heterocycles. The van der Waals surface area contributed by atoms with Crippen LogP contribution < -0.4 is 40.2 Å². The van der Waals surface area contributed by atoms with Crippen LogP contribution in [0.1, 0.15) is 115 Å². The van der Waals surface area contributed by atoms with Crippen LogP contribution in [0, 0.1) is 35.3 Å². The van der Waals surface area contributed by atoms with Crippen LogP contribution in [-0.4, -0.2) is 83.7 Å². The lowest BCUT2D eigenvalue weighted by atomic mass is 10.0. The average molecular weight is 1060 g/mol. The van der Waals surface area contributed by atoms with Crippen LogP contribution in [-0.2, 0) is 16.1 Å². The quantitative estimate of drug-likeness (QED) is 0.0454. The lowest BCUT2D eigenvalue weighted by Crippen LogP contribution is -2.38. The summed E-state index contributed by atoms with van der Waals surface area (Å²) in [7, 11) is 6.35. The highest BCUT2D eigenvalue weighted by Crippen LogP contribution is 2.41. The number of nitrogens with zero attached hydrogens (tertiary/aromatic N) is 4. The van der Waals surface area contributed by atoms with Gasteiger partial charge in [0.1, 0.15) is 34.6 Å². The zero-order valence-corrected chi connectivity index (χ0v) is 46.6. The second kappa shape index (κ2) is 28.4. The van der Waals surface area contributed by atoms with Crippen molar-refractivity contribution in [1.82, 2.24) is 30.2 Å². The Morgan fingerprint density at radius 2 is 0.896 bits per heavy atom. The van der Waals surface area contributed by atoms with E-state index in [2.05, 4.69) is 54.1 Å². The first-order valence-electron chi connectivity index (χ1n) is 26.0. The molecule has 2 aromatic heterocycles. The Balaban J connectivity index is 0.000000284. The summed E-state index contributed by atoms with van der Waals surface area (Å²) in [5.41, 5.74) is 4.28. The summed E-state index contributed by atoms with van der Waals surface area (Å²) in [5, 5.41) is 20.9. The van der Waals surface area contributed by atoms with Gasteiger partial charge in [-0.2, -0.15) is 10.2 Å². The fraction of sp³-hybridized carbons (Fsp3) is 0.424. The van der Waals surface area contributed by atoms with Crippen molar-refractivity contribution >= 4 is 35.0 Å². The van der Waals surface area contributed by atoms with E-state index in [0.29, 0.717) is 76.3 Å². The number of rotatable bonds is 24. The van der Waals surface area contributed by atoms with Gasteiger partial charge in [-0.1, -0.05) is 67.5 Å². The number of hydrogen-bond acceptors (Lipinski definition) is 10. The molecule has 0 saturated carbocycles. The highest BCUT2D eigenvalue weighted by Gasteiger charge is 2.28. The van der Waals surface area contributed by atoms with Gasteiger partial charge in [0.05, 0.1) is 57.0 Å². The Labute approximate surface area is 451 Å². The summed E-state index contributed by atoms with van der Waals surface area (Å²) >= 11 is 0. The molecule has 18 heteroatoms. The van der Waals surface area contributed by atoms with Crippen molar-refractivity contribution in [2.24, 2.45) is 23.7 Å². The highest BCUT2D eigenvalue weighted by molar-refractivity contribution is 5.97. The van der Waals surface area contributed by atoms with E-state index in [9.17, 15) is 28.0 Å². The lowest BCUT2D eigenvalue weighted by molar-refractivity contribution is -0.117. The summed E-state index contributed by atoms with van der Waals surface area (Å²) in [5.74, 6) is 1.37. The van der Waals surface area contributed by atoms with Crippen LogP contribution in [0.3, 0.4) is 0 Å². The van der Waals surface area contributed by atoms with Crippen molar-refractivity contribution in [3.05, 3.63) is 120 Å². The number of hydrogen-bond donors (Lipinski definition) is 4. The van der Waals surface area contributed by atoms with Gasteiger partial charge in [0.2, 0.25) is 11.8 Å². The second-order valence-electron chi connectivity index (χ2n) is 20.5. The molecule has 1 unspecified atom stereocenters. The molecule has 16 nitrogen and oxygen atoms in total. The number of nitrogens with one attached hydrogen (secondary N) is 4. The Hall–Kier alpha value is -7.76. The topological polar surface area (TPSA) is 189 Å². The summed E-state index contributed by atoms with van der Waals surface area (Å²) in [6, 6.07) is 24.8. The fourth-order valence-corrected chi connectivity index (χ4v) is 8.69. The van der Waals surface area contributed by atoms with E-state index in [1.165, 1.54) is 48.5 Å². The van der Waals surface area contributed by atoms with E-state index in [4.69, 9.17) is 24.0 Å². The predicted molar refractivity (Wildman–Crippen MR) is 297 cm³/mol. The summed E-state index contributed by atoms with van der Waals surface area (Å²) < 4.78 is 52.5. The molecule has 4 amide bonds. The van der Waals surface area contributed by atoms with E-state index in [0.717, 1.165) is 0 Å². The van der Waals surface area contributed by atoms with Crippen molar-refractivity contribution < 1.29 is 46.9 Å². The van der Waals surface area contributed by atoms with Gasteiger partial charge in [0, 0.05) is 42.8 Å². The van der Waals surface area contributed by atoms with Crippen LogP contribution in [0.5, 0.6) is 23.0 Å². The summed E-state index contributed by atoms with van der Waals surface area (Å²) in [4.78, 5) is 52.3. The first-order chi connectivity index (χ1) is 36.6. The van der Waals surface area contributed by atoms with Crippen LogP contribution in [0.25, 0.3) is 22.5 Å². The number of methoxy groups -OCH3 is 4. The minimum Gasteiger partial charge on any atom is -0.496 e. The third-order valence-electron chi connectivity index (χ3n) is 12.5. The van der Waals surface area contributed by atoms with Gasteiger partial charge in [0.25, 0.3) is 11.8 Å². The number of ether oxygens (including phenoxy) is 4. The van der Waals surface area contributed by atoms with Crippen molar-refractivity contribution in [3.63, 3.8) is 0 Å². The molecule has 6 aromatic rings.